The first-order valence-electron chi connectivity index (χ1n) is 8.33. The van der Waals surface area contributed by atoms with E-state index in [1.165, 1.54) is 19.3 Å². The predicted molar refractivity (Wildman–Crippen MR) is 80.8 cm³/mol. The van der Waals surface area contributed by atoms with E-state index in [4.69, 9.17) is 9.47 Å². The van der Waals surface area contributed by atoms with Crippen LogP contribution in [0.15, 0.2) is 0 Å². The quantitative estimate of drug-likeness (QED) is 0.840. The molecule has 0 saturated heterocycles. The van der Waals surface area contributed by atoms with Gasteiger partial charge in [-0.25, -0.2) is 0 Å². The van der Waals surface area contributed by atoms with E-state index in [0.717, 1.165) is 18.9 Å². The Balaban J connectivity index is 1.66. The lowest BCUT2D eigenvalue weighted by Crippen LogP contribution is -2.65. The molecule has 3 saturated carbocycles. The maximum absolute atomic E-state index is 5.75. The fraction of sp³-hybridized carbons (Fsp3) is 1.00. The molecule has 3 rings (SSSR count). The average molecular weight is 281 g/mol. The summed E-state index contributed by atoms with van der Waals surface area (Å²) in [5, 5.41) is 3.96. The number of rotatable bonds is 5. The van der Waals surface area contributed by atoms with Gasteiger partial charge in [0.2, 0.25) is 0 Å². The Hall–Kier alpha value is -0.120. The van der Waals surface area contributed by atoms with Gasteiger partial charge in [-0.2, -0.15) is 0 Å². The van der Waals surface area contributed by atoms with Crippen LogP contribution in [0.5, 0.6) is 0 Å². The highest BCUT2D eigenvalue weighted by Gasteiger charge is 2.60. The zero-order chi connectivity index (χ0) is 14.5. The molecule has 6 atom stereocenters. The van der Waals surface area contributed by atoms with E-state index in [2.05, 4.69) is 33.0 Å². The first-order chi connectivity index (χ1) is 9.42. The van der Waals surface area contributed by atoms with Gasteiger partial charge in [0.1, 0.15) is 0 Å². The third-order valence-electron chi connectivity index (χ3n) is 6.55. The summed E-state index contributed by atoms with van der Waals surface area (Å²) in [5.74, 6) is 0.897. The van der Waals surface area contributed by atoms with Gasteiger partial charge in [-0.1, -0.05) is 20.8 Å². The molecule has 0 aromatic rings. The van der Waals surface area contributed by atoms with Crippen molar-refractivity contribution in [3.05, 3.63) is 0 Å². The van der Waals surface area contributed by atoms with Crippen LogP contribution in [-0.2, 0) is 9.47 Å². The van der Waals surface area contributed by atoms with Crippen molar-refractivity contribution in [2.45, 2.75) is 77.7 Å². The monoisotopic (exact) mass is 281 g/mol. The fourth-order valence-corrected chi connectivity index (χ4v) is 5.37. The van der Waals surface area contributed by atoms with E-state index in [9.17, 15) is 0 Å². The van der Waals surface area contributed by atoms with Gasteiger partial charge in [-0.05, 0) is 49.4 Å². The molecule has 0 amide bonds. The molecule has 3 aliphatic rings. The summed E-state index contributed by atoms with van der Waals surface area (Å²) < 4.78 is 11.4. The summed E-state index contributed by atoms with van der Waals surface area (Å²) in [7, 11) is 1.82. The van der Waals surface area contributed by atoms with Crippen molar-refractivity contribution in [2.24, 2.45) is 16.7 Å². The summed E-state index contributed by atoms with van der Waals surface area (Å²) in [6, 6.07) is 1.09. The van der Waals surface area contributed by atoms with Crippen LogP contribution in [0.2, 0.25) is 0 Å². The van der Waals surface area contributed by atoms with Crippen LogP contribution in [0, 0.1) is 16.7 Å². The minimum absolute atomic E-state index is 0.230. The van der Waals surface area contributed by atoms with Gasteiger partial charge in [-0.15, -0.1) is 0 Å². The average Bonchev–Trinajstić information content (AvgIpc) is 2.83. The molecule has 0 aromatic carbocycles. The summed E-state index contributed by atoms with van der Waals surface area (Å²) in [6.45, 7) is 10.2. The van der Waals surface area contributed by atoms with E-state index in [1.807, 2.05) is 7.11 Å². The van der Waals surface area contributed by atoms with Gasteiger partial charge >= 0.3 is 0 Å². The van der Waals surface area contributed by atoms with E-state index in [-0.39, 0.29) is 12.2 Å². The summed E-state index contributed by atoms with van der Waals surface area (Å²) in [4.78, 5) is 0. The Morgan fingerprint density at radius 2 is 2.00 bits per heavy atom. The topological polar surface area (TPSA) is 30.5 Å². The molecule has 1 N–H and O–H groups in total. The van der Waals surface area contributed by atoms with Crippen LogP contribution in [0.4, 0.5) is 0 Å². The van der Waals surface area contributed by atoms with E-state index < -0.39 is 0 Å². The highest BCUT2D eigenvalue weighted by atomic mass is 16.5. The van der Waals surface area contributed by atoms with Crippen LogP contribution >= 0.6 is 0 Å². The summed E-state index contributed by atoms with van der Waals surface area (Å²) in [6.07, 6.45) is 5.82. The maximum atomic E-state index is 5.75. The molecule has 3 aliphatic carbocycles. The third-order valence-corrected chi connectivity index (χ3v) is 6.55. The second-order valence-electron chi connectivity index (χ2n) is 8.05. The molecular weight excluding hydrogens is 250 g/mol. The van der Waals surface area contributed by atoms with E-state index in [1.54, 1.807) is 0 Å². The van der Waals surface area contributed by atoms with Crippen molar-refractivity contribution in [1.29, 1.82) is 0 Å². The van der Waals surface area contributed by atoms with E-state index >= 15 is 0 Å². The first kappa shape index (κ1) is 14.8. The van der Waals surface area contributed by atoms with Crippen molar-refractivity contribution in [3.8, 4) is 0 Å². The molecule has 0 radical (unpaired) electrons. The van der Waals surface area contributed by atoms with Crippen molar-refractivity contribution in [3.63, 3.8) is 0 Å². The predicted octanol–water partition coefficient (Wildman–Crippen LogP) is 2.98. The smallest absolute Gasteiger partial charge is 0.0986 e. The largest absolute Gasteiger partial charge is 0.377 e. The van der Waals surface area contributed by atoms with E-state index in [0.29, 0.717) is 22.9 Å². The number of methoxy groups -OCH3 is 1. The summed E-state index contributed by atoms with van der Waals surface area (Å²) in [5.41, 5.74) is 0.908. The maximum Gasteiger partial charge on any atom is 0.0986 e. The second-order valence-corrected chi connectivity index (χ2v) is 8.05. The molecule has 0 aliphatic heterocycles. The second kappa shape index (κ2) is 4.96. The molecular formula is C17H31NO2. The molecule has 3 nitrogen and oxygen atoms in total. The van der Waals surface area contributed by atoms with Crippen LogP contribution in [0.3, 0.4) is 0 Å². The first-order valence-corrected chi connectivity index (χ1v) is 8.33. The van der Waals surface area contributed by atoms with Gasteiger partial charge in [0.05, 0.1) is 12.2 Å². The van der Waals surface area contributed by atoms with Gasteiger partial charge in [0.25, 0.3) is 0 Å². The van der Waals surface area contributed by atoms with Crippen molar-refractivity contribution in [2.75, 3.05) is 13.7 Å². The lowest BCUT2D eigenvalue weighted by molar-refractivity contribution is -0.138. The Bertz CT molecular complexity index is 365. The lowest BCUT2D eigenvalue weighted by atomic mass is 9.67. The number of nitrogens with one attached hydrogen (secondary N) is 1. The van der Waals surface area contributed by atoms with Crippen molar-refractivity contribution < 1.29 is 9.47 Å². The molecule has 0 aromatic heterocycles. The number of ether oxygens (including phenoxy) is 2. The summed E-state index contributed by atoms with van der Waals surface area (Å²) >= 11 is 0. The Morgan fingerprint density at radius 1 is 1.25 bits per heavy atom. The molecule has 3 fully saturated rings. The zero-order valence-electron chi connectivity index (χ0n) is 13.7. The minimum atomic E-state index is 0.230. The van der Waals surface area contributed by atoms with Crippen LogP contribution in [0.1, 0.15) is 53.4 Å². The minimum Gasteiger partial charge on any atom is -0.377 e. The molecule has 20 heavy (non-hydrogen) atoms. The van der Waals surface area contributed by atoms with Gasteiger partial charge < -0.3 is 14.8 Å². The van der Waals surface area contributed by atoms with Crippen molar-refractivity contribution >= 4 is 0 Å². The van der Waals surface area contributed by atoms with Crippen LogP contribution in [-0.4, -0.2) is 38.0 Å². The number of fused-ring (bicyclic) bond motifs is 2. The van der Waals surface area contributed by atoms with Crippen LogP contribution < -0.4 is 5.32 Å². The molecule has 116 valence electrons. The number of hydrogen-bond donors (Lipinski definition) is 1. The Labute approximate surface area is 123 Å². The fourth-order valence-electron chi connectivity index (χ4n) is 5.37. The lowest BCUT2D eigenvalue weighted by Gasteiger charge is -2.50. The Kier molecular flexibility index (Phi) is 3.67. The number of hydrogen-bond acceptors (Lipinski definition) is 3. The molecule has 2 bridgehead atoms. The highest BCUT2D eigenvalue weighted by molar-refractivity contribution is 5.14. The van der Waals surface area contributed by atoms with Gasteiger partial charge in [0.15, 0.2) is 0 Å². The van der Waals surface area contributed by atoms with Crippen LogP contribution in [0.25, 0.3) is 0 Å². The zero-order valence-corrected chi connectivity index (χ0v) is 13.7. The normalized spacial score (nSPS) is 49.4. The van der Waals surface area contributed by atoms with Gasteiger partial charge in [-0.3, -0.25) is 0 Å². The molecule has 3 heteroatoms. The molecule has 0 spiro atoms. The SMILES string of the molecule is CCOC1CC(NC2C3(C)CCC(C3)C2(C)C)C1OC. The standard InChI is InChI=1S/C17H31NO2/c1-6-20-13-9-12(14(13)19-5)18-15-16(2,3)11-7-8-17(15,4)10-11/h11-15,18H,6-10H2,1-5H3. The third kappa shape index (κ3) is 2.05. The molecule has 0 heterocycles. The highest BCUT2D eigenvalue weighted by Crippen LogP contribution is 2.62. The van der Waals surface area contributed by atoms with Gasteiger partial charge in [0, 0.05) is 25.8 Å². The molecule has 6 unspecified atom stereocenters. The van der Waals surface area contributed by atoms with Crippen molar-refractivity contribution in [1.82, 2.24) is 5.32 Å². The Morgan fingerprint density at radius 3 is 2.55 bits per heavy atom.